The Balaban J connectivity index is 0.000000189. The van der Waals surface area contributed by atoms with Gasteiger partial charge in [0.05, 0.1) is 5.70 Å². The third-order valence-electron chi connectivity index (χ3n) is 5.85. The van der Waals surface area contributed by atoms with Gasteiger partial charge in [0.15, 0.2) is 0 Å². The zero-order chi connectivity index (χ0) is 23.6. The lowest BCUT2D eigenvalue weighted by molar-refractivity contribution is 0.372. The molecule has 1 saturated heterocycles. The quantitative estimate of drug-likeness (QED) is 0.336. The molecule has 2 aromatic carbocycles. The number of hydrazine groups is 1. The van der Waals surface area contributed by atoms with Crippen LogP contribution in [0.25, 0.3) is 22.5 Å². The first kappa shape index (κ1) is 24.3. The lowest BCUT2D eigenvalue weighted by atomic mass is 9.91. The summed E-state index contributed by atoms with van der Waals surface area (Å²) in [5.41, 5.74) is 10.2. The Bertz CT molecular complexity index is 1070. The molecule has 1 fully saturated rings. The average molecular weight is 445 g/mol. The Morgan fingerprint density at radius 3 is 2.52 bits per heavy atom. The predicted molar refractivity (Wildman–Crippen MR) is 141 cm³/mol. The Morgan fingerprint density at radius 1 is 1.15 bits per heavy atom. The van der Waals surface area contributed by atoms with E-state index in [2.05, 4.69) is 46.5 Å². The molecule has 174 valence electrons. The molecule has 6 nitrogen and oxygen atoms in total. The molecule has 1 aromatic heterocycles. The monoisotopic (exact) mass is 444 g/mol. The first-order chi connectivity index (χ1) is 16.0. The summed E-state index contributed by atoms with van der Waals surface area (Å²) in [5.74, 6) is 7.25. The van der Waals surface area contributed by atoms with Gasteiger partial charge in [-0.25, -0.2) is 10.8 Å². The van der Waals surface area contributed by atoms with Gasteiger partial charge in [-0.15, -0.1) is 0 Å². The second-order valence-corrected chi connectivity index (χ2v) is 8.47. The molecular formula is C27H36N6. The maximum atomic E-state index is 5.97. The van der Waals surface area contributed by atoms with E-state index in [1.54, 1.807) is 13.2 Å². The zero-order valence-electron chi connectivity index (χ0n) is 19.7. The van der Waals surface area contributed by atoms with Crippen molar-refractivity contribution >= 4 is 28.4 Å². The Hall–Kier alpha value is -3.35. The van der Waals surface area contributed by atoms with E-state index in [4.69, 9.17) is 11.6 Å². The van der Waals surface area contributed by atoms with E-state index in [-0.39, 0.29) is 0 Å². The summed E-state index contributed by atoms with van der Waals surface area (Å²) in [6, 6.07) is 16.7. The molecule has 0 saturated carbocycles. The van der Waals surface area contributed by atoms with Crippen molar-refractivity contribution in [3.63, 3.8) is 0 Å². The van der Waals surface area contributed by atoms with Gasteiger partial charge in [-0.3, -0.25) is 0 Å². The molecule has 0 unspecified atom stereocenters. The van der Waals surface area contributed by atoms with Crippen LogP contribution in [0.5, 0.6) is 0 Å². The molecule has 0 bridgehead atoms. The van der Waals surface area contributed by atoms with Crippen molar-refractivity contribution in [1.82, 2.24) is 15.3 Å². The number of piperidine rings is 1. The molecule has 6 heteroatoms. The van der Waals surface area contributed by atoms with Crippen molar-refractivity contribution in [2.45, 2.75) is 19.3 Å². The Morgan fingerprint density at radius 2 is 1.88 bits per heavy atom. The second-order valence-electron chi connectivity index (χ2n) is 8.47. The largest absolute Gasteiger partial charge is 0.397 e. The summed E-state index contributed by atoms with van der Waals surface area (Å²) >= 11 is 0. The number of nitrogens with two attached hydrogens (primary N) is 2. The summed E-state index contributed by atoms with van der Waals surface area (Å²) in [6.45, 7) is 6.15. The molecule has 3 aromatic rings. The first-order valence-electron chi connectivity index (χ1n) is 11.4. The number of nitrogens with zero attached hydrogens (tertiary/aromatic N) is 2. The smallest absolute Gasteiger partial charge is 0.126 e. The van der Waals surface area contributed by atoms with Crippen LogP contribution in [0, 0.1) is 5.92 Å². The molecule has 6 N–H and O–H groups in total. The van der Waals surface area contributed by atoms with Crippen molar-refractivity contribution < 1.29 is 0 Å². The van der Waals surface area contributed by atoms with Crippen molar-refractivity contribution in [2.24, 2.45) is 17.5 Å². The van der Waals surface area contributed by atoms with Crippen LogP contribution in [0.1, 0.15) is 29.5 Å². The molecule has 1 aliphatic heterocycles. The number of aromatic nitrogens is 1. The number of hydrogen-bond acceptors (Lipinski definition) is 6. The number of fused-ring (bicyclic) bond motifs is 1. The van der Waals surface area contributed by atoms with Gasteiger partial charge in [-0.05, 0) is 72.5 Å². The number of nitrogens with one attached hydrogen (secondary N) is 2. The predicted octanol–water partition coefficient (Wildman–Crippen LogP) is 4.21. The normalized spacial score (nSPS) is 14.3. The van der Waals surface area contributed by atoms with Crippen LogP contribution in [-0.4, -0.2) is 37.2 Å². The van der Waals surface area contributed by atoms with Crippen LogP contribution < -0.4 is 22.2 Å². The van der Waals surface area contributed by atoms with Crippen LogP contribution in [0.3, 0.4) is 0 Å². The summed E-state index contributed by atoms with van der Waals surface area (Å²) in [7, 11) is 3.58. The van der Waals surface area contributed by atoms with Crippen LogP contribution in [-0.2, 0) is 6.42 Å². The number of benzene rings is 2. The summed E-state index contributed by atoms with van der Waals surface area (Å²) in [5, 5.41) is 10.0. The highest BCUT2D eigenvalue weighted by Gasteiger charge is 2.13. The van der Waals surface area contributed by atoms with Crippen LogP contribution in [0.15, 0.2) is 67.5 Å². The maximum Gasteiger partial charge on any atom is 0.126 e. The fourth-order valence-electron chi connectivity index (χ4n) is 3.96. The minimum Gasteiger partial charge on any atom is -0.397 e. The van der Waals surface area contributed by atoms with Crippen molar-refractivity contribution in [2.75, 3.05) is 32.5 Å². The molecule has 0 aliphatic carbocycles. The number of hydrogen-bond donors (Lipinski definition) is 4. The van der Waals surface area contributed by atoms with Gasteiger partial charge in [0.2, 0.25) is 0 Å². The average Bonchev–Trinajstić information content (AvgIpc) is 2.84. The molecule has 0 spiro atoms. The highest BCUT2D eigenvalue weighted by Crippen LogP contribution is 2.21. The standard InChI is InChI=1S/C14H19N.C13H17N5/c1-2-12-3-5-13(6-4-12)11-14-7-9-15-10-8-14;1-16-13-6-11-5-9(12(14)8-18(2)15)3-4-10(11)7-17-13/h2-6,14-15H,1,7-11H2;3-8H,14-15H2,1-2H3,(H,16,17)/b;12-8-. The van der Waals surface area contributed by atoms with Gasteiger partial charge < -0.3 is 21.4 Å². The molecule has 1 aliphatic rings. The van der Waals surface area contributed by atoms with Gasteiger partial charge in [0, 0.05) is 31.9 Å². The van der Waals surface area contributed by atoms with E-state index in [0.717, 1.165) is 28.1 Å². The molecule has 0 radical (unpaired) electrons. The molecule has 0 atom stereocenters. The first-order valence-corrected chi connectivity index (χ1v) is 11.4. The highest BCUT2D eigenvalue weighted by molar-refractivity contribution is 5.87. The number of anilines is 1. The second kappa shape index (κ2) is 12.0. The number of rotatable bonds is 6. The maximum absolute atomic E-state index is 5.97. The van der Waals surface area contributed by atoms with E-state index >= 15 is 0 Å². The summed E-state index contributed by atoms with van der Waals surface area (Å²) in [6.07, 6.45) is 9.29. The van der Waals surface area contributed by atoms with Crippen molar-refractivity contribution in [3.05, 3.63) is 84.2 Å². The SMILES string of the molecule is C=Cc1ccc(CC2CCNCC2)cc1.CNc1cc2cc(/C(N)=C/N(C)N)ccc2cn1. The lowest BCUT2D eigenvalue weighted by Crippen LogP contribution is -2.28. The van der Waals surface area contributed by atoms with E-state index in [0.29, 0.717) is 5.70 Å². The Kier molecular flexibility index (Phi) is 8.87. The van der Waals surface area contributed by atoms with E-state index in [1.807, 2.05) is 43.6 Å². The molecule has 4 rings (SSSR count). The van der Waals surface area contributed by atoms with Gasteiger partial charge in [0.1, 0.15) is 5.82 Å². The van der Waals surface area contributed by atoms with Gasteiger partial charge in [-0.2, -0.15) is 0 Å². The molecule has 0 amide bonds. The Labute approximate surface area is 197 Å². The molecule has 2 heterocycles. The van der Waals surface area contributed by atoms with Gasteiger partial charge in [0.25, 0.3) is 0 Å². The summed E-state index contributed by atoms with van der Waals surface area (Å²) < 4.78 is 0. The van der Waals surface area contributed by atoms with Gasteiger partial charge in [-0.1, -0.05) is 49.1 Å². The summed E-state index contributed by atoms with van der Waals surface area (Å²) in [4.78, 5) is 4.26. The third-order valence-corrected chi connectivity index (χ3v) is 5.85. The van der Waals surface area contributed by atoms with Gasteiger partial charge >= 0.3 is 0 Å². The molecular weight excluding hydrogens is 408 g/mol. The lowest BCUT2D eigenvalue weighted by Gasteiger charge is -2.22. The van der Waals surface area contributed by atoms with Crippen LogP contribution in [0.4, 0.5) is 5.82 Å². The van der Waals surface area contributed by atoms with Crippen molar-refractivity contribution in [3.8, 4) is 0 Å². The van der Waals surface area contributed by atoms with Crippen LogP contribution >= 0.6 is 0 Å². The fraction of sp³-hybridized carbons (Fsp3) is 0.296. The third kappa shape index (κ3) is 7.34. The number of pyridine rings is 1. The van der Waals surface area contributed by atoms with Crippen molar-refractivity contribution in [1.29, 1.82) is 0 Å². The highest BCUT2D eigenvalue weighted by atomic mass is 15.4. The zero-order valence-corrected chi connectivity index (χ0v) is 19.7. The van der Waals surface area contributed by atoms with Crippen LogP contribution in [0.2, 0.25) is 0 Å². The fourth-order valence-corrected chi connectivity index (χ4v) is 3.96. The molecule has 33 heavy (non-hydrogen) atoms. The minimum atomic E-state index is 0.629. The minimum absolute atomic E-state index is 0.629. The topological polar surface area (TPSA) is 92.2 Å². The van der Waals surface area contributed by atoms with E-state index in [1.165, 1.54) is 48.5 Å². The van der Waals surface area contributed by atoms with E-state index < -0.39 is 0 Å². The van der Waals surface area contributed by atoms with E-state index in [9.17, 15) is 0 Å².